The molecule has 0 saturated carbocycles. The number of hydrogen-bond acceptors (Lipinski definition) is 3. The van der Waals surface area contributed by atoms with Crippen molar-refractivity contribution in [3.63, 3.8) is 0 Å². The monoisotopic (exact) mass is 142 g/mol. The minimum atomic E-state index is 0.00575. The number of ether oxygens (including phenoxy) is 1. The Labute approximate surface area is 59.2 Å². The van der Waals surface area contributed by atoms with Crippen LogP contribution in [0, 0.1) is 0 Å². The average Bonchev–Trinajstić information content (AvgIpc) is 2.65. The first-order valence-corrected chi connectivity index (χ1v) is 3.18. The molecular formula is C7H10O3. The molecule has 0 aromatic carbocycles. The van der Waals surface area contributed by atoms with Gasteiger partial charge >= 0.3 is 0 Å². The van der Waals surface area contributed by atoms with E-state index < -0.39 is 0 Å². The van der Waals surface area contributed by atoms with E-state index in [9.17, 15) is 0 Å². The van der Waals surface area contributed by atoms with Crippen LogP contribution < -0.4 is 0 Å². The maximum atomic E-state index is 8.39. The Balaban J connectivity index is 2.30. The van der Waals surface area contributed by atoms with E-state index in [0.717, 1.165) is 11.5 Å². The summed E-state index contributed by atoms with van der Waals surface area (Å²) in [6, 6.07) is 0. The molecule has 1 aliphatic rings. The van der Waals surface area contributed by atoms with E-state index in [0.29, 0.717) is 6.42 Å². The minimum absolute atomic E-state index is 0.00575. The zero-order chi connectivity index (χ0) is 7.40. The van der Waals surface area contributed by atoms with Crippen molar-refractivity contribution in [1.29, 1.82) is 0 Å². The average molecular weight is 142 g/mol. The summed E-state index contributed by atoms with van der Waals surface area (Å²) in [6.07, 6.45) is 3.99. The number of rotatable bonds is 3. The maximum Gasteiger partial charge on any atom is 0.168 e. The van der Waals surface area contributed by atoms with Crippen LogP contribution >= 0.6 is 0 Å². The Morgan fingerprint density at radius 1 is 1.20 bits per heavy atom. The van der Waals surface area contributed by atoms with Crippen molar-refractivity contribution in [2.45, 2.75) is 6.42 Å². The van der Waals surface area contributed by atoms with Crippen molar-refractivity contribution in [3.05, 3.63) is 23.7 Å². The fraction of sp³-hybridized carbons (Fsp3) is 0.429. The largest absolute Gasteiger partial charge is 0.450 e. The first-order chi connectivity index (χ1) is 4.88. The Morgan fingerprint density at radius 2 is 1.90 bits per heavy atom. The van der Waals surface area contributed by atoms with Crippen molar-refractivity contribution in [2.24, 2.45) is 0 Å². The van der Waals surface area contributed by atoms with Crippen LogP contribution in [0.3, 0.4) is 0 Å². The lowest BCUT2D eigenvalue weighted by atomic mass is 10.4. The highest BCUT2D eigenvalue weighted by Crippen LogP contribution is 2.31. The summed E-state index contributed by atoms with van der Waals surface area (Å²) in [5, 5.41) is 16.8. The van der Waals surface area contributed by atoms with Gasteiger partial charge in [-0.1, -0.05) is 0 Å². The molecule has 0 radical (unpaired) electrons. The summed E-state index contributed by atoms with van der Waals surface area (Å²) in [5.74, 6) is 1.51. The van der Waals surface area contributed by atoms with Gasteiger partial charge in [-0.15, -0.1) is 0 Å². The third kappa shape index (κ3) is 1.86. The first kappa shape index (κ1) is 7.31. The molecule has 1 heterocycles. The number of aliphatic hydroxyl groups is 2. The molecule has 1 rings (SSSR count). The second kappa shape index (κ2) is 3.39. The van der Waals surface area contributed by atoms with Crippen LogP contribution in [-0.4, -0.2) is 23.4 Å². The van der Waals surface area contributed by atoms with E-state index in [1.807, 2.05) is 0 Å². The number of aliphatic hydroxyl groups excluding tert-OH is 2. The van der Waals surface area contributed by atoms with Crippen molar-refractivity contribution in [2.75, 3.05) is 13.2 Å². The zero-order valence-electron chi connectivity index (χ0n) is 5.58. The molecule has 0 aromatic heterocycles. The Hall–Kier alpha value is -0.800. The number of hydrogen-bond donors (Lipinski definition) is 2. The molecule has 0 unspecified atom stereocenters. The fourth-order valence-corrected chi connectivity index (χ4v) is 0.656. The van der Waals surface area contributed by atoms with Crippen molar-refractivity contribution in [3.8, 4) is 0 Å². The van der Waals surface area contributed by atoms with Crippen LogP contribution in [0.4, 0.5) is 0 Å². The Bertz CT molecular complexity index is 170. The second-order valence-corrected chi connectivity index (χ2v) is 1.93. The fourth-order valence-electron chi connectivity index (χ4n) is 0.656. The lowest BCUT2D eigenvalue weighted by Crippen LogP contribution is -1.74. The summed E-state index contributed by atoms with van der Waals surface area (Å²) < 4.78 is 4.91. The van der Waals surface area contributed by atoms with E-state index in [-0.39, 0.29) is 13.2 Å². The van der Waals surface area contributed by atoms with Gasteiger partial charge in [-0.3, -0.25) is 0 Å². The lowest BCUT2D eigenvalue weighted by molar-refractivity contribution is 0.302. The Kier molecular flexibility index (Phi) is 2.48. The van der Waals surface area contributed by atoms with Crippen molar-refractivity contribution in [1.82, 2.24) is 0 Å². The van der Waals surface area contributed by atoms with Crippen LogP contribution in [-0.2, 0) is 4.74 Å². The van der Waals surface area contributed by atoms with Gasteiger partial charge in [0.05, 0.1) is 6.61 Å². The predicted molar refractivity (Wildman–Crippen MR) is 36.0 cm³/mol. The second-order valence-electron chi connectivity index (χ2n) is 1.93. The van der Waals surface area contributed by atoms with Gasteiger partial charge in [0, 0.05) is 6.61 Å². The van der Waals surface area contributed by atoms with Gasteiger partial charge in [-0.25, -0.2) is 0 Å². The van der Waals surface area contributed by atoms with Gasteiger partial charge in [0.1, 0.15) is 0 Å². The molecule has 0 amide bonds. The van der Waals surface area contributed by atoms with E-state index in [1.165, 1.54) is 0 Å². The quantitative estimate of drug-likeness (QED) is 0.552. The van der Waals surface area contributed by atoms with Crippen LogP contribution in [0.2, 0.25) is 0 Å². The third-order valence-electron chi connectivity index (χ3n) is 1.16. The molecule has 2 N–H and O–H groups in total. The molecule has 3 nitrogen and oxygen atoms in total. The summed E-state index contributed by atoms with van der Waals surface area (Å²) in [4.78, 5) is 0. The Morgan fingerprint density at radius 3 is 2.50 bits per heavy atom. The van der Waals surface area contributed by atoms with E-state index >= 15 is 0 Å². The minimum Gasteiger partial charge on any atom is -0.450 e. The molecule has 10 heavy (non-hydrogen) atoms. The molecule has 56 valence electrons. The van der Waals surface area contributed by atoms with E-state index in [4.69, 9.17) is 14.9 Å². The molecular weight excluding hydrogens is 132 g/mol. The predicted octanol–water partition coefficient (Wildman–Crippen LogP) is 0.159. The number of epoxide rings is 1. The molecule has 0 aliphatic carbocycles. The molecule has 1 fully saturated rings. The van der Waals surface area contributed by atoms with E-state index in [2.05, 4.69) is 0 Å². The zero-order valence-corrected chi connectivity index (χ0v) is 5.58. The molecule has 3 heteroatoms. The van der Waals surface area contributed by atoms with Gasteiger partial charge in [0.25, 0.3) is 0 Å². The molecule has 1 saturated heterocycles. The molecule has 0 aromatic rings. The highest BCUT2D eigenvalue weighted by molar-refractivity contribution is 5.34. The molecule has 0 atom stereocenters. The van der Waals surface area contributed by atoms with Crippen LogP contribution in [0.5, 0.6) is 0 Å². The molecule has 0 bridgehead atoms. The summed E-state index contributed by atoms with van der Waals surface area (Å²) in [6.45, 7) is 0.144. The highest BCUT2D eigenvalue weighted by Gasteiger charge is 2.22. The smallest absolute Gasteiger partial charge is 0.168 e. The van der Waals surface area contributed by atoms with Crippen molar-refractivity contribution < 1.29 is 14.9 Å². The van der Waals surface area contributed by atoms with Gasteiger partial charge in [0.2, 0.25) is 0 Å². The van der Waals surface area contributed by atoms with Crippen molar-refractivity contribution >= 4 is 0 Å². The summed E-state index contributed by atoms with van der Waals surface area (Å²) in [5.41, 5.74) is 0. The van der Waals surface area contributed by atoms with Crippen LogP contribution in [0.1, 0.15) is 6.42 Å². The first-order valence-electron chi connectivity index (χ1n) is 3.18. The highest BCUT2D eigenvalue weighted by atomic mass is 16.6. The van der Waals surface area contributed by atoms with E-state index in [1.54, 1.807) is 12.2 Å². The van der Waals surface area contributed by atoms with Gasteiger partial charge in [-0.05, 0) is 18.6 Å². The van der Waals surface area contributed by atoms with Crippen LogP contribution in [0.25, 0.3) is 0 Å². The summed E-state index contributed by atoms with van der Waals surface area (Å²) >= 11 is 0. The van der Waals surface area contributed by atoms with Gasteiger partial charge in [-0.2, -0.15) is 0 Å². The maximum absolute atomic E-state index is 8.39. The molecule has 0 spiro atoms. The van der Waals surface area contributed by atoms with Gasteiger partial charge < -0.3 is 14.9 Å². The third-order valence-corrected chi connectivity index (χ3v) is 1.16. The van der Waals surface area contributed by atoms with Crippen LogP contribution in [0.15, 0.2) is 23.7 Å². The molecule has 1 aliphatic heterocycles. The lowest BCUT2D eigenvalue weighted by Gasteiger charge is -1.75. The standard InChI is InChI=1S/C7H10O3/c8-4-1-2-6-7(10-6)3-5-9/h2-3,8-9H,1,4-5H2. The summed E-state index contributed by atoms with van der Waals surface area (Å²) in [7, 11) is 0. The normalized spacial score (nSPS) is 23.4. The SMILES string of the molecule is OCC=C1OC1=CCCO. The van der Waals surface area contributed by atoms with Gasteiger partial charge in [0.15, 0.2) is 11.5 Å². The topological polar surface area (TPSA) is 53.0 Å².